The second-order valence-corrected chi connectivity index (χ2v) is 7.39. The van der Waals surface area contributed by atoms with Crippen LogP contribution >= 0.6 is 11.8 Å². The van der Waals surface area contributed by atoms with Gasteiger partial charge in [0.05, 0.1) is 15.4 Å². The minimum atomic E-state index is -3.96. The lowest BCUT2D eigenvalue weighted by Crippen LogP contribution is -2.38. The summed E-state index contributed by atoms with van der Waals surface area (Å²) in [6.07, 6.45) is 0. The number of carboxylic acids is 1. The summed E-state index contributed by atoms with van der Waals surface area (Å²) in [5, 5.41) is 19.8. The third kappa shape index (κ3) is 3.17. The van der Waals surface area contributed by atoms with E-state index < -0.39 is 37.1 Å². The summed E-state index contributed by atoms with van der Waals surface area (Å²) < 4.78 is 26.2. The number of thioether (sulfide) groups is 1. The molecule has 10 heteroatoms. The molecule has 0 spiro atoms. The van der Waals surface area contributed by atoms with E-state index >= 15 is 0 Å². The number of nitro groups is 1. The Morgan fingerprint density at radius 1 is 1.33 bits per heavy atom. The van der Waals surface area contributed by atoms with Crippen LogP contribution in [0.4, 0.5) is 5.69 Å². The predicted octanol–water partition coefficient (Wildman–Crippen LogP) is 1.03. The Hall–Kier alpha value is -1.65. The Balaban J connectivity index is 2.51. The first-order chi connectivity index (χ1) is 9.84. The monoisotopic (exact) mass is 332 g/mol. The number of non-ortho nitro benzene ring substituents is 1. The average molecular weight is 332 g/mol. The van der Waals surface area contributed by atoms with Crippen LogP contribution < -0.4 is 0 Å². The Morgan fingerprint density at radius 2 is 1.95 bits per heavy atom. The van der Waals surface area contributed by atoms with Crippen molar-refractivity contribution in [3.63, 3.8) is 0 Å². The number of rotatable bonds is 4. The molecule has 2 rings (SSSR count). The summed E-state index contributed by atoms with van der Waals surface area (Å²) in [6.45, 7) is 0.589. The maximum Gasteiger partial charge on any atom is 0.337 e. The first kappa shape index (κ1) is 15.7. The molecule has 1 aliphatic heterocycles. The third-order valence-corrected chi connectivity index (χ3v) is 5.89. The largest absolute Gasteiger partial charge is 0.478 e. The number of carboxylic acid groups (broad SMARTS) is 1. The molecule has 0 bridgehead atoms. The van der Waals surface area contributed by atoms with Crippen molar-refractivity contribution >= 4 is 33.4 Å². The van der Waals surface area contributed by atoms with Gasteiger partial charge in [-0.15, -0.1) is 0 Å². The van der Waals surface area contributed by atoms with Gasteiger partial charge in [0, 0.05) is 36.7 Å². The molecule has 0 amide bonds. The quantitative estimate of drug-likeness (QED) is 0.646. The van der Waals surface area contributed by atoms with E-state index in [1.165, 1.54) is 4.31 Å². The van der Waals surface area contributed by atoms with Crippen LogP contribution in [0.15, 0.2) is 23.1 Å². The van der Waals surface area contributed by atoms with E-state index in [-0.39, 0.29) is 0 Å². The summed E-state index contributed by atoms with van der Waals surface area (Å²) in [6, 6.07) is 2.75. The molecule has 1 fully saturated rings. The van der Waals surface area contributed by atoms with Crippen LogP contribution in [-0.2, 0) is 10.0 Å². The van der Waals surface area contributed by atoms with Crippen molar-refractivity contribution in [2.75, 3.05) is 24.6 Å². The fraction of sp³-hybridized carbons (Fsp3) is 0.364. The van der Waals surface area contributed by atoms with Gasteiger partial charge in [0.15, 0.2) is 0 Å². The normalized spacial score (nSPS) is 16.6. The van der Waals surface area contributed by atoms with Crippen molar-refractivity contribution < 1.29 is 23.2 Å². The van der Waals surface area contributed by atoms with E-state index in [9.17, 15) is 23.3 Å². The molecule has 1 N–H and O–H groups in total. The molecule has 1 aromatic rings. The molecule has 1 saturated heterocycles. The van der Waals surface area contributed by atoms with Crippen LogP contribution in [0.2, 0.25) is 0 Å². The van der Waals surface area contributed by atoms with Gasteiger partial charge in [-0.3, -0.25) is 10.1 Å². The molecular formula is C11H12N2O6S2. The highest BCUT2D eigenvalue weighted by Gasteiger charge is 2.31. The standard InChI is InChI=1S/C11H12N2O6S2/c14-11(15)9-7-8(13(16)17)1-2-10(9)21(18,19)12-3-5-20-6-4-12/h1-2,7H,3-6H2,(H,14,15). The molecule has 0 atom stereocenters. The Bertz CT molecular complexity index is 682. The van der Waals surface area contributed by atoms with Crippen molar-refractivity contribution in [2.24, 2.45) is 0 Å². The molecule has 21 heavy (non-hydrogen) atoms. The maximum absolute atomic E-state index is 12.5. The van der Waals surface area contributed by atoms with Gasteiger partial charge in [0.25, 0.3) is 5.69 Å². The van der Waals surface area contributed by atoms with Gasteiger partial charge in [0.2, 0.25) is 10.0 Å². The highest BCUT2D eigenvalue weighted by molar-refractivity contribution is 7.99. The number of hydrogen-bond acceptors (Lipinski definition) is 6. The summed E-state index contributed by atoms with van der Waals surface area (Å²) in [5.41, 5.74) is -1.04. The Kier molecular flexibility index (Phi) is 4.49. The van der Waals surface area contributed by atoms with Crippen molar-refractivity contribution in [1.82, 2.24) is 4.31 Å². The van der Waals surface area contributed by atoms with E-state index in [2.05, 4.69) is 0 Å². The molecule has 1 aromatic carbocycles. The zero-order chi connectivity index (χ0) is 15.6. The smallest absolute Gasteiger partial charge is 0.337 e. The number of aromatic carboxylic acids is 1. The number of hydrogen-bond donors (Lipinski definition) is 1. The molecule has 114 valence electrons. The molecule has 1 aliphatic rings. The lowest BCUT2D eigenvalue weighted by atomic mass is 10.2. The van der Waals surface area contributed by atoms with E-state index in [0.717, 1.165) is 18.2 Å². The van der Waals surface area contributed by atoms with E-state index in [4.69, 9.17) is 5.11 Å². The zero-order valence-electron chi connectivity index (χ0n) is 10.8. The first-order valence-corrected chi connectivity index (χ1v) is 8.53. The minimum absolute atomic E-state index is 0.295. The summed E-state index contributed by atoms with van der Waals surface area (Å²) >= 11 is 1.62. The highest BCUT2D eigenvalue weighted by atomic mass is 32.2. The Labute approximate surface area is 125 Å². The lowest BCUT2D eigenvalue weighted by molar-refractivity contribution is -0.384. The van der Waals surface area contributed by atoms with Crippen LogP contribution in [0.5, 0.6) is 0 Å². The van der Waals surface area contributed by atoms with Gasteiger partial charge in [-0.2, -0.15) is 16.1 Å². The Morgan fingerprint density at radius 3 is 2.48 bits per heavy atom. The van der Waals surface area contributed by atoms with Crippen LogP contribution in [0.3, 0.4) is 0 Å². The van der Waals surface area contributed by atoms with E-state index in [0.29, 0.717) is 24.6 Å². The summed E-state index contributed by atoms with van der Waals surface area (Å²) in [7, 11) is -3.96. The SMILES string of the molecule is O=C(O)c1cc([N+](=O)[O-])ccc1S(=O)(=O)N1CCSCC1. The number of sulfonamides is 1. The van der Waals surface area contributed by atoms with Crippen molar-refractivity contribution in [1.29, 1.82) is 0 Å². The number of nitro benzene ring substituents is 1. The van der Waals surface area contributed by atoms with E-state index in [1.54, 1.807) is 11.8 Å². The molecule has 0 unspecified atom stereocenters. The highest BCUT2D eigenvalue weighted by Crippen LogP contribution is 2.26. The first-order valence-electron chi connectivity index (χ1n) is 5.93. The zero-order valence-corrected chi connectivity index (χ0v) is 12.4. The number of benzene rings is 1. The van der Waals surface area contributed by atoms with Crippen molar-refractivity contribution in [3.8, 4) is 0 Å². The summed E-state index contributed by atoms with van der Waals surface area (Å²) in [5.74, 6) is -0.243. The predicted molar refractivity (Wildman–Crippen MR) is 76.1 cm³/mol. The van der Waals surface area contributed by atoms with Gasteiger partial charge in [0.1, 0.15) is 0 Å². The topological polar surface area (TPSA) is 118 Å². The molecule has 0 aliphatic carbocycles. The van der Waals surface area contributed by atoms with Gasteiger partial charge in [-0.05, 0) is 6.07 Å². The second-order valence-electron chi connectivity index (χ2n) is 4.26. The van der Waals surface area contributed by atoms with Gasteiger partial charge >= 0.3 is 5.97 Å². The molecule has 0 radical (unpaired) electrons. The maximum atomic E-state index is 12.5. The molecule has 1 heterocycles. The van der Waals surface area contributed by atoms with Crippen molar-refractivity contribution in [3.05, 3.63) is 33.9 Å². The number of carbonyl (C=O) groups is 1. The molecule has 0 saturated carbocycles. The second kappa shape index (κ2) is 6.00. The fourth-order valence-electron chi connectivity index (χ4n) is 1.95. The number of nitrogens with zero attached hydrogens (tertiary/aromatic N) is 2. The molecule has 8 nitrogen and oxygen atoms in total. The van der Waals surface area contributed by atoms with Gasteiger partial charge in [-0.1, -0.05) is 0 Å². The van der Waals surface area contributed by atoms with Crippen LogP contribution in [0.1, 0.15) is 10.4 Å². The summed E-state index contributed by atoms with van der Waals surface area (Å²) in [4.78, 5) is 20.7. The average Bonchev–Trinajstić information content (AvgIpc) is 2.47. The van der Waals surface area contributed by atoms with Gasteiger partial charge in [-0.25, -0.2) is 13.2 Å². The van der Waals surface area contributed by atoms with Gasteiger partial charge < -0.3 is 5.11 Å². The molecular weight excluding hydrogens is 320 g/mol. The van der Waals surface area contributed by atoms with Crippen molar-refractivity contribution in [2.45, 2.75) is 4.90 Å². The van der Waals surface area contributed by atoms with E-state index in [1.807, 2.05) is 0 Å². The minimum Gasteiger partial charge on any atom is -0.478 e. The third-order valence-electron chi connectivity index (χ3n) is 2.99. The lowest BCUT2D eigenvalue weighted by Gasteiger charge is -2.26. The van der Waals surface area contributed by atoms with Crippen LogP contribution in [-0.4, -0.2) is 53.3 Å². The van der Waals surface area contributed by atoms with Crippen LogP contribution in [0.25, 0.3) is 0 Å². The van der Waals surface area contributed by atoms with Crippen LogP contribution in [0, 0.1) is 10.1 Å². The molecule has 0 aromatic heterocycles. The fourth-order valence-corrected chi connectivity index (χ4v) is 4.69.